The van der Waals surface area contributed by atoms with E-state index in [2.05, 4.69) is 0 Å². The molecule has 0 radical (unpaired) electrons. The topological polar surface area (TPSA) is 76.1 Å². The highest BCUT2D eigenvalue weighted by atomic mass is 35.5. The average Bonchev–Trinajstić information content (AvgIpc) is 2.55. The zero-order valence-electron chi connectivity index (χ0n) is 14.0. The van der Waals surface area contributed by atoms with E-state index < -0.39 is 11.9 Å². The number of halogens is 1. The van der Waals surface area contributed by atoms with E-state index in [-0.39, 0.29) is 23.6 Å². The second kappa shape index (κ2) is 7.75. The number of carbonyl (C=O) groups is 2. The zero-order valence-corrected chi connectivity index (χ0v) is 14.8. The molecule has 2 rings (SSSR count). The van der Waals surface area contributed by atoms with Crippen LogP contribution in [0.5, 0.6) is 11.5 Å². The third-order valence-electron chi connectivity index (χ3n) is 3.89. The molecule has 1 aliphatic heterocycles. The van der Waals surface area contributed by atoms with Crippen molar-refractivity contribution in [2.45, 2.75) is 32.8 Å². The van der Waals surface area contributed by atoms with Gasteiger partial charge < -0.3 is 19.5 Å². The number of benzene rings is 1. The molecule has 1 saturated heterocycles. The van der Waals surface area contributed by atoms with Gasteiger partial charge >= 0.3 is 5.97 Å². The number of nitrogens with zero attached hydrogens (tertiary/aromatic N) is 1. The molecule has 1 aliphatic rings. The van der Waals surface area contributed by atoms with E-state index in [0.29, 0.717) is 36.4 Å². The molecule has 0 aromatic heterocycles. The van der Waals surface area contributed by atoms with E-state index in [9.17, 15) is 9.59 Å². The van der Waals surface area contributed by atoms with Gasteiger partial charge in [0.25, 0.3) is 5.91 Å². The number of amides is 1. The van der Waals surface area contributed by atoms with Crippen molar-refractivity contribution >= 4 is 23.5 Å². The van der Waals surface area contributed by atoms with Crippen LogP contribution in [-0.2, 0) is 4.79 Å². The molecule has 0 unspecified atom stereocenters. The smallest absolute Gasteiger partial charge is 0.308 e. The molecule has 1 aromatic carbocycles. The van der Waals surface area contributed by atoms with Crippen molar-refractivity contribution in [2.24, 2.45) is 5.92 Å². The predicted octanol–water partition coefficient (Wildman–Crippen LogP) is 3.07. The predicted molar refractivity (Wildman–Crippen MR) is 90.0 cm³/mol. The van der Waals surface area contributed by atoms with Crippen molar-refractivity contribution in [3.8, 4) is 11.5 Å². The fraction of sp³-hybridized carbons (Fsp3) is 0.529. The van der Waals surface area contributed by atoms with Crippen molar-refractivity contribution in [1.82, 2.24) is 4.90 Å². The Kier molecular flexibility index (Phi) is 5.94. The quantitative estimate of drug-likeness (QED) is 0.878. The van der Waals surface area contributed by atoms with Crippen LogP contribution < -0.4 is 9.47 Å². The summed E-state index contributed by atoms with van der Waals surface area (Å²) in [6.45, 7) is 4.48. The van der Waals surface area contributed by atoms with Crippen molar-refractivity contribution < 1.29 is 24.2 Å². The summed E-state index contributed by atoms with van der Waals surface area (Å²) in [5.74, 6) is -0.872. The van der Waals surface area contributed by atoms with Gasteiger partial charge in [-0.25, -0.2) is 0 Å². The Morgan fingerprint density at radius 2 is 2.08 bits per heavy atom. The van der Waals surface area contributed by atoms with Crippen LogP contribution in [0.3, 0.4) is 0 Å². The molecule has 24 heavy (non-hydrogen) atoms. The van der Waals surface area contributed by atoms with Gasteiger partial charge in [-0.3, -0.25) is 9.59 Å². The molecular weight excluding hydrogens is 334 g/mol. The molecule has 1 fully saturated rings. The van der Waals surface area contributed by atoms with Crippen LogP contribution in [0, 0.1) is 5.92 Å². The first-order chi connectivity index (χ1) is 11.3. The van der Waals surface area contributed by atoms with Crippen LogP contribution in [0.2, 0.25) is 5.02 Å². The van der Waals surface area contributed by atoms with Gasteiger partial charge in [-0.1, -0.05) is 11.6 Å². The number of aliphatic carboxylic acids is 1. The van der Waals surface area contributed by atoms with E-state index >= 15 is 0 Å². The van der Waals surface area contributed by atoms with Crippen LogP contribution in [0.15, 0.2) is 12.1 Å². The summed E-state index contributed by atoms with van der Waals surface area (Å²) in [6.07, 6.45) is 1.17. The monoisotopic (exact) mass is 355 g/mol. The minimum absolute atomic E-state index is 0.0867. The summed E-state index contributed by atoms with van der Waals surface area (Å²) in [7, 11) is 1.48. The molecule has 0 bridgehead atoms. The van der Waals surface area contributed by atoms with Crippen molar-refractivity contribution in [1.29, 1.82) is 0 Å². The molecule has 7 heteroatoms. The van der Waals surface area contributed by atoms with Gasteiger partial charge in [0.05, 0.1) is 24.2 Å². The molecule has 1 aromatic rings. The largest absolute Gasteiger partial charge is 0.493 e. The van der Waals surface area contributed by atoms with E-state index in [0.717, 1.165) is 0 Å². The minimum atomic E-state index is -0.871. The van der Waals surface area contributed by atoms with Gasteiger partial charge in [0.2, 0.25) is 0 Å². The fourth-order valence-electron chi connectivity index (χ4n) is 2.74. The highest BCUT2D eigenvalue weighted by Crippen LogP contribution is 2.37. The third kappa shape index (κ3) is 4.12. The third-order valence-corrected chi connectivity index (χ3v) is 4.17. The number of carboxylic acids is 1. The number of hydrogen-bond acceptors (Lipinski definition) is 4. The Morgan fingerprint density at radius 1 is 1.38 bits per heavy atom. The zero-order chi connectivity index (χ0) is 17.9. The second-order valence-electron chi connectivity index (χ2n) is 6.08. The maximum atomic E-state index is 12.7. The molecule has 1 atom stereocenters. The van der Waals surface area contributed by atoms with Gasteiger partial charge in [-0.15, -0.1) is 0 Å². The number of likely N-dealkylation sites (tertiary alicyclic amines) is 1. The molecule has 0 saturated carbocycles. The van der Waals surface area contributed by atoms with Gasteiger partial charge in [0.15, 0.2) is 11.5 Å². The highest BCUT2D eigenvalue weighted by molar-refractivity contribution is 6.32. The van der Waals surface area contributed by atoms with Gasteiger partial charge in [0, 0.05) is 18.7 Å². The van der Waals surface area contributed by atoms with Gasteiger partial charge in [0.1, 0.15) is 0 Å². The van der Waals surface area contributed by atoms with Crippen LogP contribution in [0.4, 0.5) is 0 Å². The van der Waals surface area contributed by atoms with Crippen LogP contribution in [0.1, 0.15) is 37.0 Å². The number of hydrogen-bond donors (Lipinski definition) is 1. The maximum absolute atomic E-state index is 12.7. The van der Waals surface area contributed by atoms with Crippen LogP contribution >= 0.6 is 11.6 Å². The highest BCUT2D eigenvalue weighted by Gasteiger charge is 2.29. The fourth-order valence-corrected chi connectivity index (χ4v) is 2.99. The molecule has 0 spiro atoms. The van der Waals surface area contributed by atoms with E-state index in [4.69, 9.17) is 26.2 Å². The Balaban J connectivity index is 2.26. The molecule has 1 amide bonds. The minimum Gasteiger partial charge on any atom is -0.493 e. The SMILES string of the molecule is COc1cc(C(=O)N2CCC[C@@H](C(=O)O)C2)cc(Cl)c1OC(C)C. The first-order valence-electron chi connectivity index (χ1n) is 7.89. The number of carbonyl (C=O) groups excluding carboxylic acids is 1. The molecular formula is C17H22ClNO5. The van der Waals surface area contributed by atoms with Gasteiger partial charge in [-0.05, 0) is 38.8 Å². The lowest BCUT2D eigenvalue weighted by Crippen LogP contribution is -2.42. The lowest BCUT2D eigenvalue weighted by Gasteiger charge is -2.31. The van der Waals surface area contributed by atoms with Crippen molar-refractivity contribution in [3.05, 3.63) is 22.7 Å². The first kappa shape index (κ1) is 18.4. The normalized spacial score (nSPS) is 17.7. The molecule has 6 nitrogen and oxygen atoms in total. The number of rotatable bonds is 5. The van der Waals surface area contributed by atoms with E-state index in [1.165, 1.54) is 13.2 Å². The Labute approximate surface area is 146 Å². The lowest BCUT2D eigenvalue weighted by molar-refractivity contribution is -0.143. The second-order valence-corrected chi connectivity index (χ2v) is 6.49. The summed E-state index contributed by atoms with van der Waals surface area (Å²) in [6, 6.07) is 3.12. The van der Waals surface area contributed by atoms with Crippen molar-refractivity contribution in [3.63, 3.8) is 0 Å². The Morgan fingerprint density at radius 3 is 2.67 bits per heavy atom. The number of carboxylic acid groups (broad SMARTS) is 1. The number of ether oxygens (including phenoxy) is 2. The average molecular weight is 356 g/mol. The van der Waals surface area contributed by atoms with E-state index in [1.54, 1.807) is 11.0 Å². The summed E-state index contributed by atoms with van der Waals surface area (Å²) < 4.78 is 10.9. The number of piperidine rings is 1. The Bertz CT molecular complexity index is 632. The van der Waals surface area contributed by atoms with Gasteiger partial charge in [-0.2, -0.15) is 0 Å². The molecule has 1 heterocycles. The van der Waals surface area contributed by atoms with E-state index in [1.807, 2.05) is 13.8 Å². The summed E-state index contributed by atoms with van der Waals surface area (Å²) in [5.41, 5.74) is 0.360. The number of methoxy groups -OCH3 is 1. The van der Waals surface area contributed by atoms with Crippen LogP contribution in [-0.4, -0.2) is 48.2 Å². The summed E-state index contributed by atoms with van der Waals surface area (Å²) in [4.78, 5) is 25.4. The molecule has 132 valence electrons. The summed E-state index contributed by atoms with van der Waals surface area (Å²) in [5, 5.41) is 9.45. The molecule has 0 aliphatic carbocycles. The lowest BCUT2D eigenvalue weighted by atomic mass is 9.97. The standard InChI is InChI=1S/C17H22ClNO5/c1-10(2)24-15-13(18)7-12(8-14(15)23-3)16(20)19-6-4-5-11(9-19)17(21)22/h7-8,10-11H,4-6,9H2,1-3H3,(H,21,22)/t11-/m1/s1. The van der Waals surface area contributed by atoms with Crippen molar-refractivity contribution in [2.75, 3.05) is 20.2 Å². The van der Waals surface area contributed by atoms with Crippen LogP contribution in [0.25, 0.3) is 0 Å². The maximum Gasteiger partial charge on any atom is 0.308 e. The summed E-state index contributed by atoms with van der Waals surface area (Å²) >= 11 is 6.25. The molecule has 1 N–H and O–H groups in total. The Hall–Kier alpha value is -1.95. The first-order valence-corrected chi connectivity index (χ1v) is 8.27.